The van der Waals surface area contributed by atoms with Crippen molar-refractivity contribution in [2.75, 3.05) is 0 Å². The normalized spacial score (nSPS) is 10.8. The molecule has 0 bridgehead atoms. The minimum Gasteiger partial charge on any atom is -0.411 e. The Morgan fingerprint density at radius 1 is 1.21 bits per heavy atom. The zero-order valence-electron chi connectivity index (χ0n) is 10.2. The highest BCUT2D eigenvalue weighted by molar-refractivity contribution is 7.98. The molecular formula is C13H11N3OS2. The van der Waals surface area contributed by atoms with Crippen molar-refractivity contribution in [3.8, 4) is 11.5 Å². The number of thioether (sulfide) groups is 1. The maximum atomic E-state index is 5.61. The maximum Gasteiger partial charge on any atom is 0.277 e. The molecule has 0 radical (unpaired) electrons. The van der Waals surface area contributed by atoms with Crippen LogP contribution in [-0.4, -0.2) is 15.2 Å². The van der Waals surface area contributed by atoms with Crippen molar-refractivity contribution < 1.29 is 4.42 Å². The molecule has 0 N–H and O–H groups in total. The first kappa shape index (κ1) is 12.4. The second kappa shape index (κ2) is 5.54. The van der Waals surface area contributed by atoms with Gasteiger partial charge in [-0.15, -0.1) is 21.5 Å². The van der Waals surface area contributed by atoms with Crippen LogP contribution >= 0.6 is 23.1 Å². The van der Waals surface area contributed by atoms with E-state index in [4.69, 9.17) is 4.42 Å². The van der Waals surface area contributed by atoms with Crippen molar-refractivity contribution in [3.05, 3.63) is 46.4 Å². The van der Waals surface area contributed by atoms with Gasteiger partial charge in [-0.05, 0) is 19.1 Å². The molecule has 0 fully saturated rings. The molecule has 0 atom stereocenters. The summed E-state index contributed by atoms with van der Waals surface area (Å²) in [6.45, 7) is 2.00. The number of aromatic nitrogens is 3. The van der Waals surface area contributed by atoms with Crippen molar-refractivity contribution in [3.63, 3.8) is 0 Å². The predicted molar refractivity (Wildman–Crippen MR) is 76.1 cm³/mol. The van der Waals surface area contributed by atoms with Gasteiger partial charge in [0.2, 0.25) is 5.89 Å². The molecule has 19 heavy (non-hydrogen) atoms. The first-order valence-corrected chi connectivity index (χ1v) is 7.60. The summed E-state index contributed by atoms with van der Waals surface area (Å²) in [7, 11) is 0. The van der Waals surface area contributed by atoms with Gasteiger partial charge in [0.1, 0.15) is 0 Å². The van der Waals surface area contributed by atoms with E-state index in [1.807, 2.05) is 37.3 Å². The lowest BCUT2D eigenvalue weighted by atomic mass is 10.2. The standard InChI is InChI=1S/C13H11N3OS2/c1-9-14-11(7-18-9)8-19-13-16-15-12(17-13)10-5-3-2-4-6-10/h2-7H,8H2,1H3. The van der Waals surface area contributed by atoms with Gasteiger partial charge in [0.15, 0.2) is 0 Å². The van der Waals surface area contributed by atoms with E-state index in [9.17, 15) is 0 Å². The summed E-state index contributed by atoms with van der Waals surface area (Å²) < 4.78 is 5.61. The van der Waals surface area contributed by atoms with E-state index in [1.54, 1.807) is 11.3 Å². The first-order valence-electron chi connectivity index (χ1n) is 5.74. The third kappa shape index (κ3) is 3.02. The highest BCUT2D eigenvalue weighted by atomic mass is 32.2. The fraction of sp³-hybridized carbons (Fsp3) is 0.154. The summed E-state index contributed by atoms with van der Waals surface area (Å²) in [4.78, 5) is 4.40. The molecule has 0 aliphatic rings. The number of hydrogen-bond donors (Lipinski definition) is 0. The van der Waals surface area contributed by atoms with Crippen LogP contribution in [0.3, 0.4) is 0 Å². The van der Waals surface area contributed by atoms with E-state index in [1.165, 1.54) is 11.8 Å². The summed E-state index contributed by atoms with van der Waals surface area (Å²) >= 11 is 3.16. The van der Waals surface area contributed by atoms with Crippen molar-refractivity contribution >= 4 is 23.1 Å². The third-order valence-corrected chi connectivity index (χ3v) is 4.11. The van der Waals surface area contributed by atoms with Gasteiger partial charge in [0.05, 0.1) is 10.7 Å². The maximum absolute atomic E-state index is 5.61. The Hall–Kier alpha value is -1.66. The molecule has 0 saturated heterocycles. The number of thiazole rings is 1. The van der Waals surface area contributed by atoms with Gasteiger partial charge in [-0.2, -0.15) is 0 Å². The lowest BCUT2D eigenvalue weighted by Crippen LogP contribution is -1.80. The van der Waals surface area contributed by atoms with Crippen LogP contribution in [0.15, 0.2) is 45.4 Å². The van der Waals surface area contributed by atoms with Crippen LogP contribution in [0.5, 0.6) is 0 Å². The number of rotatable bonds is 4. The SMILES string of the molecule is Cc1nc(CSc2nnc(-c3ccccc3)o2)cs1. The Bertz CT molecular complexity index is 663. The van der Waals surface area contributed by atoms with Gasteiger partial charge < -0.3 is 4.42 Å². The van der Waals surface area contributed by atoms with Gasteiger partial charge in [0, 0.05) is 16.7 Å². The molecule has 6 heteroatoms. The Balaban J connectivity index is 1.68. The van der Waals surface area contributed by atoms with Gasteiger partial charge in [-0.25, -0.2) is 4.98 Å². The summed E-state index contributed by atoms with van der Waals surface area (Å²) in [5, 5.41) is 11.8. The zero-order chi connectivity index (χ0) is 13.1. The lowest BCUT2D eigenvalue weighted by Gasteiger charge is -1.93. The van der Waals surface area contributed by atoms with E-state index in [-0.39, 0.29) is 0 Å². The summed E-state index contributed by atoms with van der Waals surface area (Å²) in [6, 6.07) is 9.76. The molecule has 1 aromatic carbocycles. The van der Waals surface area contributed by atoms with Gasteiger partial charge in [-0.1, -0.05) is 30.0 Å². The molecule has 2 aromatic heterocycles. The van der Waals surface area contributed by atoms with Crippen LogP contribution in [0.4, 0.5) is 0 Å². The minimum absolute atomic E-state index is 0.553. The fourth-order valence-corrected chi connectivity index (χ4v) is 2.95. The highest BCUT2D eigenvalue weighted by Gasteiger charge is 2.09. The third-order valence-electron chi connectivity index (χ3n) is 2.44. The highest BCUT2D eigenvalue weighted by Crippen LogP contribution is 2.25. The van der Waals surface area contributed by atoms with Crippen LogP contribution in [0, 0.1) is 6.92 Å². The summed E-state index contributed by atoms with van der Waals surface area (Å²) in [6.07, 6.45) is 0. The smallest absolute Gasteiger partial charge is 0.277 e. The Morgan fingerprint density at radius 2 is 2.05 bits per heavy atom. The first-order chi connectivity index (χ1) is 9.31. The zero-order valence-corrected chi connectivity index (χ0v) is 11.9. The van der Waals surface area contributed by atoms with Crippen LogP contribution in [0.2, 0.25) is 0 Å². The van der Waals surface area contributed by atoms with E-state index in [0.717, 1.165) is 22.0 Å². The average molecular weight is 289 g/mol. The van der Waals surface area contributed by atoms with E-state index >= 15 is 0 Å². The number of hydrogen-bond acceptors (Lipinski definition) is 6. The number of nitrogens with zero attached hydrogens (tertiary/aromatic N) is 3. The van der Waals surface area contributed by atoms with Gasteiger partial charge in [-0.3, -0.25) is 0 Å². The molecule has 2 heterocycles. The van der Waals surface area contributed by atoms with Crippen molar-refractivity contribution in [2.45, 2.75) is 17.9 Å². The van der Waals surface area contributed by atoms with E-state index < -0.39 is 0 Å². The predicted octanol–water partition coefficient (Wildman–Crippen LogP) is 3.79. The van der Waals surface area contributed by atoms with Crippen molar-refractivity contribution in [1.82, 2.24) is 15.2 Å². The Morgan fingerprint density at radius 3 is 2.79 bits per heavy atom. The van der Waals surface area contributed by atoms with Gasteiger partial charge >= 0.3 is 0 Å². The summed E-state index contributed by atoms with van der Waals surface area (Å²) in [5.41, 5.74) is 1.98. The minimum atomic E-state index is 0.553. The average Bonchev–Trinajstić information content (AvgIpc) is 3.06. The Kier molecular flexibility index (Phi) is 3.61. The molecular weight excluding hydrogens is 278 g/mol. The van der Waals surface area contributed by atoms with Crippen molar-refractivity contribution in [2.24, 2.45) is 0 Å². The number of benzene rings is 1. The van der Waals surface area contributed by atoms with Crippen LogP contribution in [-0.2, 0) is 5.75 Å². The molecule has 0 unspecified atom stereocenters. The second-order valence-corrected chi connectivity index (χ2v) is 5.87. The molecule has 0 saturated carbocycles. The molecule has 3 aromatic rings. The Labute approximate surface area is 118 Å². The van der Waals surface area contributed by atoms with Crippen LogP contribution in [0.25, 0.3) is 11.5 Å². The second-order valence-electron chi connectivity index (χ2n) is 3.89. The molecule has 0 spiro atoms. The number of aryl methyl sites for hydroxylation is 1. The van der Waals surface area contributed by atoms with Gasteiger partial charge in [0.25, 0.3) is 5.22 Å². The monoisotopic (exact) mass is 289 g/mol. The molecule has 3 rings (SSSR count). The lowest BCUT2D eigenvalue weighted by molar-refractivity contribution is 0.466. The van der Waals surface area contributed by atoms with Crippen LogP contribution in [0.1, 0.15) is 10.7 Å². The quantitative estimate of drug-likeness (QED) is 0.684. The molecule has 96 valence electrons. The molecule has 0 aliphatic heterocycles. The van der Waals surface area contributed by atoms with E-state index in [2.05, 4.69) is 20.6 Å². The summed E-state index contributed by atoms with van der Waals surface area (Å²) in [5.74, 6) is 1.30. The van der Waals surface area contributed by atoms with Crippen molar-refractivity contribution in [1.29, 1.82) is 0 Å². The molecule has 0 aliphatic carbocycles. The molecule has 4 nitrogen and oxygen atoms in total. The molecule has 0 amide bonds. The van der Waals surface area contributed by atoms with Crippen LogP contribution < -0.4 is 0 Å². The largest absolute Gasteiger partial charge is 0.411 e. The fourth-order valence-electron chi connectivity index (χ4n) is 1.58. The van der Waals surface area contributed by atoms with E-state index in [0.29, 0.717) is 11.1 Å². The topological polar surface area (TPSA) is 51.8 Å².